The standard InChI is InChI=1S/C18H20N4O2/c1-10(16-11(2)21-22(4)12(16)3)19-18(24)15-9-13-7-5-6-8-14(13)17(23)20-15/h5-10H,1-4H3,(H,19,24)(H,20,23)/t10-/m0/s1. The molecule has 0 aliphatic carbocycles. The Morgan fingerprint density at radius 2 is 2.00 bits per heavy atom. The van der Waals surface area contributed by atoms with E-state index < -0.39 is 0 Å². The van der Waals surface area contributed by atoms with Gasteiger partial charge in [0.1, 0.15) is 5.69 Å². The second-order valence-corrected chi connectivity index (χ2v) is 6.00. The van der Waals surface area contributed by atoms with E-state index in [4.69, 9.17) is 0 Å². The third-order valence-corrected chi connectivity index (χ3v) is 4.34. The molecule has 2 heterocycles. The largest absolute Gasteiger partial charge is 0.344 e. The Labute approximate surface area is 139 Å². The summed E-state index contributed by atoms with van der Waals surface area (Å²) in [7, 11) is 1.88. The second kappa shape index (κ2) is 5.96. The molecular formula is C18H20N4O2. The fourth-order valence-corrected chi connectivity index (χ4v) is 3.10. The van der Waals surface area contributed by atoms with Gasteiger partial charge >= 0.3 is 0 Å². The van der Waals surface area contributed by atoms with Crippen LogP contribution < -0.4 is 10.9 Å². The number of aryl methyl sites for hydroxylation is 2. The van der Waals surface area contributed by atoms with Crippen molar-refractivity contribution in [2.24, 2.45) is 7.05 Å². The normalized spacial score (nSPS) is 12.3. The lowest BCUT2D eigenvalue weighted by molar-refractivity contribution is 0.0934. The van der Waals surface area contributed by atoms with Gasteiger partial charge in [-0.05, 0) is 38.3 Å². The van der Waals surface area contributed by atoms with E-state index in [2.05, 4.69) is 15.4 Å². The number of amides is 1. The maximum atomic E-state index is 12.5. The Balaban J connectivity index is 1.91. The van der Waals surface area contributed by atoms with Gasteiger partial charge < -0.3 is 10.3 Å². The van der Waals surface area contributed by atoms with Crippen LogP contribution in [0.4, 0.5) is 0 Å². The first-order valence-electron chi connectivity index (χ1n) is 7.81. The lowest BCUT2D eigenvalue weighted by Crippen LogP contribution is -2.29. The smallest absolute Gasteiger partial charge is 0.268 e. The molecule has 0 saturated heterocycles. The molecule has 2 aromatic heterocycles. The number of carbonyl (C=O) groups is 1. The second-order valence-electron chi connectivity index (χ2n) is 6.00. The highest BCUT2D eigenvalue weighted by Crippen LogP contribution is 2.21. The fourth-order valence-electron chi connectivity index (χ4n) is 3.10. The molecule has 3 rings (SSSR count). The number of pyridine rings is 1. The summed E-state index contributed by atoms with van der Waals surface area (Å²) in [4.78, 5) is 27.3. The zero-order chi connectivity index (χ0) is 17.4. The molecule has 6 nitrogen and oxygen atoms in total. The van der Waals surface area contributed by atoms with Crippen LogP contribution in [0.1, 0.15) is 40.4 Å². The van der Waals surface area contributed by atoms with E-state index in [1.54, 1.807) is 22.9 Å². The van der Waals surface area contributed by atoms with Crippen LogP contribution in [0.25, 0.3) is 10.8 Å². The first kappa shape index (κ1) is 16.0. The average Bonchev–Trinajstić information content (AvgIpc) is 2.79. The number of aromatic amines is 1. The average molecular weight is 324 g/mol. The molecule has 1 aromatic carbocycles. The summed E-state index contributed by atoms with van der Waals surface area (Å²) < 4.78 is 1.80. The van der Waals surface area contributed by atoms with E-state index in [1.165, 1.54) is 0 Å². The molecular weight excluding hydrogens is 304 g/mol. The van der Waals surface area contributed by atoms with Crippen LogP contribution in [-0.4, -0.2) is 20.7 Å². The van der Waals surface area contributed by atoms with Gasteiger partial charge in [-0.15, -0.1) is 0 Å². The molecule has 2 N–H and O–H groups in total. The van der Waals surface area contributed by atoms with Crippen LogP contribution in [0.3, 0.4) is 0 Å². The Hall–Kier alpha value is -2.89. The van der Waals surface area contributed by atoms with Gasteiger partial charge in [0.05, 0.1) is 11.7 Å². The topological polar surface area (TPSA) is 79.8 Å². The van der Waals surface area contributed by atoms with Gasteiger partial charge in [-0.2, -0.15) is 5.10 Å². The number of nitrogens with zero attached hydrogens (tertiary/aromatic N) is 2. The fraction of sp³-hybridized carbons (Fsp3) is 0.278. The zero-order valence-corrected chi connectivity index (χ0v) is 14.2. The summed E-state index contributed by atoms with van der Waals surface area (Å²) in [5, 5.41) is 8.63. The summed E-state index contributed by atoms with van der Waals surface area (Å²) in [6.45, 7) is 5.80. The number of aromatic nitrogens is 3. The summed E-state index contributed by atoms with van der Waals surface area (Å²) in [6.07, 6.45) is 0. The molecule has 0 fully saturated rings. The SMILES string of the molecule is Cc1nn(C)c(C)c1[C@H](C)NC(=O)c1cc2ccccc2c(=O)[nH]1. The Morgan fingerprint density at radius 3 is 2.67 bits per heavy atom. The number of nitrogens with one attached hydrogen (secondary N) is 2. The number of hydrogen-bond acceptors (Lipinski definition) is 3. The predicted octanol–water partition coefficient (Wildman–Crippen LogP) is 2.37. The number of H-pyrrole nitrogens is 1. The number of fused-ring (bicyclic) bond motifs is 1. The number of rotatable bonds is 3. The van der Waals surface area contributed by atoms with Gasteiger partial charge in [-0.3, -0.25) is 14.3 Å². The molecule has 3 aromatic rings. The Kier molecular flexibility index (Phi) is 3.97. The summed E-state index contributed by atoms with van der Waals surface area (Å²) >= 11 is 0. The van der Waals surface area contributed by atoms with Gasteiger partial charge in [0.15, 0.2) is 0 Å². The number of carbonyl (C=O) groups excluding carboxylic acids is 1. The summed E-state index contributed by atoms with van der Waals surface area (Å²) in [5.74, 6) is -0.312. The maximum absolute atomic E-state index is 12.5. The van der Waals surface area contributed by atoms with Crippen molar-refractivity contribution in [3.8, 4) is 0 Å². The van der Waals surface area contributed by atoms with E-state index in [-0.39, 0.29) is 23.2 Å². The van der Waals surface area contributed by atoms with Crippen LogP contribution in [0, 0.1) is 13.8 Å². The van der Waals surface area contributed by atoms with E-state index in [9.17, 15) is 9.59 Å². The van der Waals surface area contributed by atoms with Crippen molar-refractivity contribution in [2.45, 2.75) is 26.8 Å². The highest BCUT2D eigenvalue weighted by molar-refractivity contribution is 5.96. The minimum Gasteiger partial charge on any atom is -0.344 e. The van der Waals surface area contributed by atoms with E-state index >= 15 is 0 Å². The van der Waals surface area contributed by atoms with Gasteiger partial charge in [0.2, 0.25) is 0 Å². The van der Waals surface area contributed by atoms with Gasteiger partial charge in [-0.25, -0.2) is 0 Å². The van der Waals surface area contributed by atoms with Crippen molar-refractivity contribution in [2.75, 3.05) is 0 Å². The lowest BCUT2D eigenvalue weighted by Gasteiger charge is -2.15. The molecule has 124 valence electrons. The highest BCUT2D eigenvalue weighted by atomic mass is 16.2. The van der Waals surface area contributed by atoms with Gasteiger partial charge in [0.25, 0.3) is 11.5 Å². The van der Waals surface area contributed by atoms with Crippen molar-refractivity contribution < 1.29 is 4.79 Å². The molecule has 0 aliphatic rings. The molecule has 0 spiro atoms. The number of benzene rings is 1. The molecule has 6 heteroatoms. The molecule has 0 radical (unpaired) electrons. The van der Waals surface area contributed by atoms with Crippen LogP contribution in [-0.2, 0) is 7.05 Å². The summed E-state index contributed by atoms with van der Waals surface area (Å²) in [6, 6.07) is 8.69. The van der Waals surface area contributed by atoms with E-state index in [0.29, 0.717) is 5.39 Å². The van der Waals surface area contributed by atoms with Crippen LogP contribution in [0.2, 0.25) is 0 Å². The van der Waals surface area contributed by atoms with Crippen molar-refractivity contribution in [1.29, 1.82) is 0 Å². The van der Waals surface area contributed by atoms with Crippen molar-refractivity contribution >= 4 is 16.7 Å². The van der Waals surface area contributed by atoms with Crippen LogP contribution in [0.5, 0.6) is 0 Å². The molecule has 0 unspecified atom stereocenters. The molecule has 24 heavy (non-hydrogen) atoms. The maximum Gasteiger partial charge on any atom is 0.268 e. The molecule has 1 amide bonds. The van der Waals surface area contributed by atoms with Crippen molar-refractivity contribution in [1.82, 2.24) is 20.1 Å². The Morgan fingerprint density at radius 1 is 1.29 bits per heavy atom. The minimum absolute atomic E-state index is 0.207. The van der Waals surface area contributed by atoms with E-state index in [0.717, 1.165) is 22.3 Å². The van der Waals surface area contributed by atoms with Crippen LogP contribution in [0.15, 0.2) is 35.1 Å². The van der Waals surface area contributed by atoms with Crippen molar-refractivity contribution in [3.05, 3.63) is 63.3 Å². The number of hydrogen-bond donors (Lipinski definition) is 2. The monoisotopic (exact) mass is 324 g/mol. The predicted molar refractivity (Wildman–Crippen MR) is 93.1 cm³/mol. The first-order valence-corrected chi connectivity index (χ1v) is 7.81. The van der Waals surface area contributed by atoms with Gasteiger partial charge in [0, 0.05) is 23.7 Å². The van der Waals surface area contributed by atoms with E-state index in [1.807, 2.05) is 40.0 Å². The molecule has 0 bridgehead atoms. The first-order chi connectivity index (χ1) is 11.4. The molecule has 0 aliphatic heterocycles. The van der Waals surface area contributed by atoms with Crippen LogP contribution >= 0.6 is 0 Å². The zero-order valence-electron chi connectivity index (χ0n) is 14.2. The molecule has 0 saturated carbocycles. The third-order valence-electron chi connectivity index (χ3n) is 4.34. The van der Waals surface area contributed by atoms with Gasteiger partial charge in [-0.1, -0.05) is 18.2 Å². The highest BCUT2D eigenvalue weighted by Gasteiger charge is 2.19. The quantitative estimate of drug-likeness (QED) is 0.776. The third kappa shape index (κ3) is 2.71. The lowest BCUT2D eigenvalue weighted by atomic mass is 10.1. The summed E-state index contributed by atoms with van der Waals surface area (Å²) in [5.41, 5.74) is 2.88. The van der Waals surface area contributed by atoms with Crippen molar-refractivity contribution in [3.63, 3.8) is 0 Å². The Bertz CT molecular complexity index is 984. The minimum atomic E-state index is -0.312. The molecule has 1 atom stereocenters.